The van der Waals surface area contributed by atoms with E-state index in [4.69, 9.17) is 21.3 Å². The second-order valence-electron chi connectivity index (χ2n) is 7.03. The molecular formula is C25H21ClN2O2S. The molecule has 4 aromatic rings. The van der Waals surface area contributed by atoms with Crippen LogP contribution in [0.5, 0.6) is 5.75 Å². The van der Waals surface area contributed by atoms with Crippen LogP contribution in [0, 0.1) is 6.92 Å². The van der Waals surface area contributed by atoms with Gasteiger partial charge in [0.1, 0.15) is 10.8 Å². The number of hydrogen-bond acceptors (Lipinski definition) is 4. The molecule has 0 spiro atoms. The minimum atomic E-state index is -0.0998. The summed E-state index contributed by atoms with van der Waals surface area (Å²) in [6, 6.07) is 23.0. The summed E-state index contributed by atoms with van der Waals surface area (Å²) in [5.41, 5.74) is 5.05. The lowest BCUT2D eigenvalue weighted by Gasteiger charge is -2.08. The molecular weight excluding hydrogens is 428 g/mol. The molecule has 1 N–H and O–H groups in total. The lowest BCUT2D eigenvalue weighted by atomic mass is 10.1. The van der Waals surface area contributed by atoms with E-state index in [9.17, 15) is 4.79 Å². The first-order chi connectivity index (χ1) is 15.1. The summed E-state index contributed by atoms with van der Waals surface area (Å²) in [4.78, 5) is 17.0. The average molecular weight is 449 g/mol. The highest BCUT2D eigenvalue weighted by Crippen LogP contribution is 2.31. The van der Waals surface area contributed by atoms with Crippen LogP contribution in [-0.4, -0.2) is 17.5 Å². The van der Waals surface area contributed by atoms with Crippen molar-refractivity contribution in [3.8, 4) is 27.6 Å². The number of rotatable bonds is 7. The third kappa shape index (κ3) is 5.51. The molecule has 0 radical (unpaired) electrons. The standard InChI is InChI=1S/C25H21ClN2O2S/c1-17-4-2-3-5-22(17)25-28-23(16-31-25)18-6-10-20(11-7-18)27-24(29)14-15-30-21-12-8-19(26)9-13-21/h2-13,16H,14-15H2,1H3,(H,27,29). The van der Waals surface area contributed by atoms with Gasteiger partial charge in [0.25, 0.3) is 0 Å². The highest BCUT2D eigenvalue weighted by atomic mass is 35.5. The molecule has 0 aliphatic carbocycles. The third-order valence-electron chi connectivity index (χ3n) is 4.76. The lowest BCUT2D eigenvalue weighted by Crippen LogP contribution is -2.15. The van der Waals surface area contributed by atoms with Crippen molar-refractivity contribution in [2.45, 2.75) is 13.3 Å². The minimum absolute atomic E-state index is 0.0998. The summed E-state index contributed by atoms with van der Waals surface area (Å²) in [5.74, 6) is 0.590. The van der Waals surface area contributed by atoms with E-state index in [1.165, 1.54) is 5.56 Å². The number of thiazole rings is 1. The molecule has 0 unspecified atom stereocenters. The zero-order chi connectivity index (χ0) is 21.6. The van der Waals surface area contributed by atoms with Gasteiger partial charge >= 0.3 is 0 Å². The van der Waals surface area contributed by atoms with E-state index in [0.29, 0.717) is 17.4 Å². The number of anilines is 1. The Morgan fingerprint density at radius 2 is 1.77 bits per heavy atom. The number of nitrogens with zero attached hydrogens (tertiary/aromatic N) is 1. The molecule has 4 nitrogen and oxygen atoms in total. The number of carbonyl (C=O) groups excluding carboxylic acids is 1. The van der Waals surface area contributed by atoms with Crippen LogP contribution in [0.15, 0.2) is 78.2 Å². The van der Waals surface area contributed by atoms with E-state index < -0.39 is 0 Å². The topological polar surface area (TPSA) is 51.2 Å². The van der Waals surface area contributed by atoms with Crippen molar-refractivity contribution in [2.24, 2.45) is 0 Å². The van der Waals surface area contributed by atoms with Gasteiger partial charge in [-0.3, -0.25) is 4.79 Å². The van der Waals surface area contributed by atoms with E-state index >= 15 is 0 Å². The fraction of sp³-hybridized carbons (Fsp3) is 0.120. The van der Waals surface area contributed by atoms with E-state index in [2.05, 4.69) is 29.8 Å². The smallest absolute Gasteiger partial charge is 0.227 e. The summed E-state index contributed by atoms with van der Waals surface area (Å²) < 4.78 is 5.57. The highest BCUT2D eigenvalue weighted by molar-refractivity contribution is 7.13. The minimum Gasteiger partial charge on any atom is -0.493 e. The molecule has 156 valence electrons. The Morgan fingerprint density at radius 1 is 1.03 bits per heavy atom. The van der Waals surface area contributed by atoms with Gasteiger partial charge in [-0.05, 0) is 48.9 Å². The Bertz CT molecular complexity index is 1170. The number of aromatic nitrogens is 1. The predicted octanol–water partition coefficient (Wildman–Crippen LogP) is 6.85. The van der Waals surface area contributed by atoms with Crippen LogP contribution in [-0.2, 0) is 4.79 Å². The Labute approximate surface area is 190 Å². The largest absolute Gasteiger partial charge is 0.493 e. The van der Waals surface area contributed by atoms with Gasteiger partial charge in [-0.1, -0.05) is 48.0 Å². The third-order valence-corrected chi connectivity index (χ3v) is 5.88. The fourth-order valence-corrected chi connectivity index (χ4v) is 4.13. The monoisotopic (exact) mass is 448 g/mol. The molecule has 31 heavy (non-hydrogen) atoms. The summed E-state index contributed by atoms with van der Waals surface area (Å²) in [5, 5.41) is 6.61. The normalized spacial score (nSPS) is 10.6. The van der Waals surface area contributed by atoms with Crippen molar-refractivity contribution in [3.05, 3.63) is 88.8 Å². The first kappa shape index (κ1) is 21.1. The molecule has 0 atom stereocenters. The average Bonchev–Trinajstić information content (AvgIpc) is 3.26. The number of amides is 1. The molecule has 1 amide bonds. The van der Waals surface area contributed by atoms with Crippen molar-refractivity contribution >= 4 is 34.5 Å². The molecule has 1 heterocycles. The molecule has 0 saturated carbocycles. The van der Waals surface area contributed by atoms with Gasteiger partial charge in [0.2, 0.25) is 5.91 Å². The Morgan fingerprint density at radius 3 is 2.52 bits per heavy atom. The van der Waals surface area contributed by atoms with Crippen LogP contribution in [0.3, 0.4) is 0 Å². The van der Waals surface area contributed by atoms with Crippen LogP contribution in [0.1, 0.15) is 12.0 Å². The number of ether oxygens (including phenoxy) is 1. The SMILES string of the molecule is Cc1ccccc1-c1nc(-c2ccc(NC(=O)CCOc3ccc(Cl)cc3)cc2)cs1. The summed E-state index contributed by atoms with van der Waals surface area (Å²) in [6.45, 7) is 2.39. The van der Waals surface area contributed by atoms with E-state index in [0.717, 1.165) is 27.5 Å². The zero-order valence-electron chi connectivity index (χ0n) is 17.0. The number of hydrogen-bond donors (Lipinski definition) is 1. The van der Waals surface area contributed by atoms with Gasteiger partial charge in [-0.2, -0.15) is 0 Å². The van der Waals surface area contributed by atoms with Crippen molar-refractivity contribution in [1.29, 1.82) is 0 Å². The molecule has 0 aliphatic heterocycles. The molecule has 0 bridgehead atoms. The Balaban J connectivity index is 1.32. The van der Waals surface area contributed by atoms with Crippen molar-refractivity contribution in [1.82, 2.24) is 4.98 Å². The van der Waals surface area contributed by atoms with E-state index in [-0.39, 0.29) is 12.3 Å². The van der Waals surface area contributed by atoms with Crippen molar-refractivity contribution < 1.29 is 9.53 Å². The van der Waals surface area contributed by atoms with Gasteiger partial charge in [0.05, 0.1) is 18.7 Å². The number of carbonyl (C=O) groups is 1. The van der Waals surface area contributed by atoms with Gasteiger partial charge in [-0.25, -0.2) is 4.98 Å². The molecule has 4 rings (SSSR count). The number of halogens is 1. The maximum absolute atomic E-state index is 12.2. The van der Waals surface area contributed by atoms with Gasteiger partial charge in [0.15, 0.2) is 0 Å². The zero-order valence-corrected chi connectivity index (χ0v) is 18.5. The van der Waals surface area contributed by atoms with Crippen LogP contribution in [0.4, 0.5) is 5.69 Å². The first-order valence-electron chi connectivity index (χ1n) is 9.89. The van der Waals surface area contributed by atoms with Crippen LogP contribution in [0.25, 0.3) is 21.8 Å². The second kappa shape index (κ2) is 9.77. The summed E-state index contributed by atoms with van der Waals surface area (Å²) in [6.07, 6.45) is 0.260. The molecule has 3 aromatic carbocycles. The second-order valence-corrected chi connectivity index (χ2v) is 8.33. The molecule has 0 fully saturated rings. The van der Waals surface area contributed by atoms with Gasteiger partial charge in [0, 0.05) is 27.2 Å². The molecule has 0 saturated heterocycles. The molecule has 0 aliphatic rings. The first-order valence-corrected chi connectivity index (χ1v) is 11.1. The maximum Gasteiger partial charge on any atom is 0.227 e. The Kier molecular flexibility index (Phi) is 6.65. The van der Waals surface area contributed by atoms with Crippen LogP contribution < -0.4 is 10.1 Å². The highest BCUT2D eigenvalue weighted by Gasteiger charge is 2.09. The number of benzene rings is 3. The summed E-state index contributed by atoms with van der Waals surface area (Å²) in [7, 11) is 0. The fourth-order valence-electron chi connectivity index (χ4n) is 3.08. The van der Waals surface area contributed by atoms with E-state index in [1.807, 2.05) is 36.4 Å². The van der Waals surface area contributed by atoms with E-state index in [1.54, 1.807) is 35.6 Å². The van der Waals surface area contributed by atoms with Crippen molar-refractivity contribution in [3.63, 3.8) is 0 Å². The number of nitrogens with one attached hydrogen (secondary N) is 1. The van der Waals surface area contributed by atoms with Crippen molar-refractivity contribution in [2.75, 3.05) is 11.9 Å². The predicted molar refractivity (Wildman–Crippen MR) is 128 cm³/mol. The molecule has 6 heteroatoms. The maximum atomic E-state index is 12.2. The van der Waals surface area contributed by atoms with Crippen LogP contribution in [0.2, 0.25) is 5.02 Å². The molecule has 1 aromatic heterocycles. The van der Waals surface area contributed by atoms with Crippen LogP contribution >= 0.6 is 22.9 Å². The van der Waals surface area contributed by atoms with Gasteiger partial charge in [-0.15, -0.1) is 11.3 Å². The Hall–Kier alpha value is -3.15. The number of aryl methyl sites for hydroxylation is 1. The van der Waals surface area contributed by atoms with Gasteiger partial charge < -0.3 is 10.1 Å². The quantitative estimate of drug-likeness (QED) is 0.336. The lowest BCUT2D eigenvalue weighted by molar-refractivity contribution is -0.116. The summed E-state index contributed by atoms with van der Waals surface area (Å²) >= 11 is 7.48.